The number of carbonyl (C=O) groups excluding carboxylic acids is 1. The first kappa shape index (κ1) is 19.7. The van der Waals surface area contributed by atoms with E-state index in [0.717, 1.165) is 43.2 Å². The third kappa shape index (κ3) is 3.70. The lowest BCUT2D eigenvalue weighted by atomic mass is 9.61. The van der Waals surface area contributed by atoms with Crippen molar-refractivity contribution in [3.8, 4) is 0 Å². The average Bonchev–Trinajstić information content (AvgIpc) is 3.03. The third-order valence-electron chi connectivity index (χ3n) is 8.77. The van der Waals surface area contributed by atoms with Crippen LogP contribution in [-0.2, 0) is 4.79 Å². The molecular formula is C24H42N2O. The zero-order chi connectivity index (χ0) is 18.9. The molecule has 4 atom stereocenters. The van der Waals surface area contributed by atoms with Crippen LogP contribution in [0.1, 0.15) is 96.8 Å². The number of carbonyl (C=O) groups is 1. The second-order valence-electron chi connectivity index (χ2n) is 10.3. The highest BCUT2D eigenvalue weighted by Crippen LogP contribution is 2.53. The summed E-state index contributed by atoms with van der Waals surface area (Å²) in [6.45, 7) is 4.72. The average molecular weight is 375 g/mol. The van der Waals surface area contributed by atoms with Gasteiger partial charge in [0.05, 0.1) is 0 Å². The lowest BCUT2D eigenvalue weighted by Gasteiger charge is -2.55. The summed E-state index contributed by atoms with van der Waals surface area (Å²) in [5.41, 5.74) is 0.232. The first-order chi connectivity index (χ1) is 13.2. The second kappa shape index (κ2) is 8.43. The summed E-state index contributed by atoms with van der Waals surface area (Å²) < 4.78 is 0. The molecule has 4 fully saturated rings. The maximum atomic E-state index is 12.8. The molecule has 0 bridgehead atoms. The summed E-state index contributed by atoms with van der Waals surface area (Å²) in [5, 5.41) is 0. The van der Waals surface area contributed by atoms with E-state index in [0.29, 0.717) is 5.91 Å². The van der Waals surface area contributed by atoms with E-state index in [1.165, 1.54) is 83.6 Å². The van der Waals surface area contributed by atoms with Crippen molar-refractivity contribution in [1.82, 2.24) is 9.80 Å². The Balaban J connectivity index is 1.53. The molecule has 0 unspecified atom stereocenters. The van der Waals surface area contributed by atoms with Gasteiger partial charge >= 0.3 is 0 Å². The molecule has 0 radical (unpaired) electrons. The Bertz CT molecular complexity index is 515. The van der Waals surface area contributed by atoms with Crippen molar-refractivity contribution < 1.29 is 4.79 Å². The van der Waals surface area contributed by atoms with Gasteiger partial charge in [-0.05, 0) is 82.6 Å². The smallest absolute Gasteiger partial charge is 0.223 e. The summed E-state index contributed by atoms with van der Waals surface area (Å²) in [5.74, 6) is 2.95. The minimum atomic E-state index is 0.232. The van der Waals surface area contributed by atoms with Gasteiger partial charge in [-0.15, -0.1) is 0 Å². The van der Waals surface area contributed by atoms with E-state index in [-0.39, 0.29) is 5.54 Å². The molecule has 2 saturated heterocycles. The van der Waals surface area contributed by atoms with Crippen LogP contribution >= 0.6 is 0 Å². The van der Waals surface area contributed by atoms with Crippen molar-refractivity contribution in [2.24, 2.45) is 17.8 Å². The maximum absolute atomic E-state index is 12.8. The molecule has 0 aromatic rings. The first-order valence-electron chi connectivity index (χ1n) is 12.2. The van der Waals surface area contributed by atoms with Gasteiger partial charge in [-0.2, -0.15) is 0 Å². The Labute approximate surface area is 167 Å². The van der Waals surface area contributed by atoms with E-state index >= 15 is 0 Å². The maximum Gasteiger partial charge on any atom is 0.223 e. The molecule has 154 valence electrons. The molecule has 3 nitrogen and oxygen atoms in total. The Morgan fingerprint density at radius 3 is 2.63 bits per heavy atom. The molecular weight excluding hydrogens is 332 g/mol. The van der Waals surface area contributed by atoms with Crippen LogP contribution in [0.5, 0.6) is 0 Å². The fourth-order valence-corrected chi connectivity index (χ4v) is 7.66. The molecule has 1 amide bonds. The van der Waals surface area contributed by atoms with Crippen LogP contribution in [0.4, 0.5) is 0 Å². The number of hydrogen-bond acceptors (Lipinski definition) is 2. The highest BCUT2D eigenvalue weighted by atomic mass is 16.2. The summed E-state index contributed by atoms with van der Waals surface area (Å²) in [6.07, 6.45) is 18.2. The Morgan fingerprint density at radius 2 is 1.85 bits per heavy atom. The molecule has 2 saturated carbocycles. The first-order valence-corrected chi connectivity index (χ1v) is 12.2. The standard InChI is InChI=1S/C24H42N2O/c1-3-9-20-21-12-7-13-23(27)26-17-8-15-24(21,26)16-14-22(20)25(2)18-19-10-5-4-6-11-19/h19-22H,3-18H2,1-2H3/t20-,21+,22+,24-/m1/s1. The van der Waals surface area contributed by atoms with E-state index in [1.54, 1.807) is 0 Å². The van der Waals surface area contributed by atoms with Crippen molar-refractivity contribution in [2.45, 2.75) is 108 Å². The van der Waals surface area contributed by atoms with Gasteiger partial charge in [-0.25, -0.2) is 0 Å². The van der Waals surface area contributed by atoms with Crippen molar-refractivity contribution in [3.63, 3.8) is 0 Å². The number of nitrogens with zero attached hydrogens (tertiary/aromatic N) is 2. The molecule has 4 aliphatic rings. The monoisotopic (exact) mass is 374 g/mol. The summed E-state index contributed by atoms with van der Waals surface area (Å²) in [4.78, 5) is 18.0. The summed E-state index contributed by atoms with van der Waals surface area (Å²) in [6, 6.07) is 0.748. The molecule has 4 rings (SSSR count). The fraction of sp³-hybridized carbons (Fsp3) is 0.958. The van der Waals surface area contributed by atoms with Gasteiger partial charge in [0.2, 0.25) is 5.91 Å². The van der Waals surface area contributed by atoms with Crippen molar-refractivity contribution in [1.29, 1.82) is 0 Å². The molecule has 3 heteroatoms. The fourth-order valence-electron chi connectivity index (χ4n) is 7.66. The minimum Gasteiger partial charge on any atom is -0.337 e. The topological polar surface area (TPSA) is 23.6 Å². The normalized spacial score (nSPS) is 38.0. The van der Waals surface area contributed by atoms with Gasteiger partial charge in [0.1, 0.15) is 0 Å². The predicted molar refractivity (Wildman–Crippen MR) is 112 cm³/mol. The predicted octanol–water partition coefficient (Wildman–Crippen LogP) is 5.24. The molecule has 2 aliphatic carbocycles. The lowest BCUT2D eigenvalue weighted by Crippen LogP contribution is -2.60. The van der Waals surface area contributed by atoms with Gasteiger partial charge in [0.25, 0.3) is 0 Å². The van der Waals surface area contributed by atoms with Gasteiger partial charge < -0.3 is 9.80 Å². The molecule has 27 heavy (non-hydrogen) atoms. The van der Waals surface area contributed by atoms with Gasteiger partial charge in [0, 0.05) is 31.1 Å². The van der Waals surface area contributed by atoms with Crippen LogP contribution in [0.2, 0.25) is 0 Å². The Morgan fingerprint density at radius 1 is 1.04 bits per heavy atom. The Hall–Kier alpha value is -0.570. The molecule has 0 N–H and O–H groups in total. The van der Waals surface area contributed by atoms with Crippen LogP contribution in [-0.4, -0.2) is 47.4 Å². The van der Waals surface area contributed by atoms with Gasteiger partial charge in [-0.3, -0.25) is 4.79 Å². The van der Waals surface area contributed by atoms with Gasteiger partial charge in [-0.1, -0.05) is 32.6 Å². The lowest BCUT2D eigenvalue weighted by molar-refractivity contribution is -0.139. The van der Waals surface area contributed by atoms with E-state index in [4.69, 9.17) is 0 Å². The molecule has 1 spiro atoms. The molecule has 0 aromatic heterocycles. The van der Waals surface area contributed by atoms with Crippen LogP contribution in [0.25, 0.3) is 0 Å². The van der Waals surface area contributed by atoms with Crippen molar-refractivity contribution >= 4 is 5.91 Å². The van der Waals surface area contributed by atoms with E-state index in [9.17, 15) is 4.79 Å². The second-order valence-corrected chi connectivity index (χ2v) is 10.3. The molecule has 0 aromatic carbocycles. The minimum absolute atomic E-state index is 0.232. The van der Waals surface area contributed by atoms with Crippen LogP contribution in [0, 0.1) is 17.8 Å². The molecule has 2 aliphatic heterocycles. The number of rotatable bonds is 5. The van der Waals surface area contributed by atoms with Crippen molar-refractivity contribution in [3.05, 3.63) is 0 Å². The van der Waals surface area contributed by atoms with Crippen LogP contribution in [0.15, 0.2) is 0 Å². The van der Waals surface area contributed by atoms with Crippen LogP contribution in [0.3, 0.4) is 0 Å². The van der Waals surface area contributed by atoms with Crippen LogP contribution < -0.4 is 0 Å². The molecule has 2 heterocycles. The SMILES string of the molecule is CCC[C@H]1[C@@H](N(C)CC2CCCCC2)CC[C@@]23CCCN2C(=O)CCC[C@@H]13. The van der Waals surface area contributed by atoms with E-state index in [1.807, 2.05) is 0 Å². The quantitative estimate of drug-likeness (QED) is 0.657. The van der Waals surface area contributed by atoms with E-state index in [2.05, 4.69) is 23.8 Å². The highest BCUT2D eigenvalue weighted by molar-refractivity contribution is 5.78. The number of hydrogen-bond donors (Lipinski definition) is 0. The number of amides is 1. The highest BCUT2D eigenvalue weighted by Gasteiger charge is 2.56. The van der Waals surface area contributed by atoms with Crippen molar-refractivity contribution in [2.75, 3.05) is 20.1 Å². The summed E-state index contributed by atoms with van der Waals surface area (Å²) in [7, 11) is 2.42. The zero-order valence-corrected chi connectivity index (χ0v) is 17.9. The third-order valence-corrected chi connectivity index (χ3v) is 8.77. The van der Waals surface area contributed by atoms with Gasteiger partial charge in [0.15, 0.2) is 0 Å². The van der Waals surface area contributed by atoms with E-state index < -0.39 is 0 Å². The zero-order valence-electron chi connectivity index (χ0n) is 17.9. The summed E-state index contributed by atoms with van der Waals surface area (Å²) >= 11 is 0. The largest absolute Gasteiger partial charge is 0.337 e. The Kier molecular flexibility index (Phi) is 6.16.